The van der Waals surface area contributed by atoms with E-state index in [2.05, 4.69) is 10.2 Å². The molecule has 30 heavy (non-hydrogen) atoms. The number of aromatic nitrogens is 3. The molecule has 0 spiro atoms. The van der Waals surface area contributed by atoms with Crippen molar-refractivity contribution in [1.82, 2.24) is 14.8 Å². The molecule has 0 unspecified atom stereocenters. The summed E-state index contributed by atoms with van der Waals surface area (Å²) in [7, 11) is 1.51. The number of halogens is 4. The largest absolute Gasteiger partial charge is 0.480 e. The molecule has 2 aromatic carbocycles. The van der Waals surface area contributed by atoms with Crippen LogP contribution >= 0.6 is 0 Å². The van der Waals surface area contributed by atoms with Gasteiger partial charge in [-0.05, 0) is 32.0 Å². The molecule has 0 saturated heterocycles. The Morgan fingerprint density at radius 3 is 2.37 bits per heavy atom. The van der Waals surface area contributed by atoms with Crippen LogP contribution in [0.3, 0.4) is 0 Å². The molecule has 3 rings (SSSR count). The molecular weight excluding hydrogens is 404 g/mol. The third-order valence-electron chi connectivity index (χ3n) is 4.47. The SMILES string of the molecule is Cn1c(-c2ccccc2C(F)(F)F)nnc1C(C)(C)Oc1ccc(C(N)=O)c(F)c1. The Bertz CT molecular complexity index is 1110. The minimum absolute atomic E-state index is 0.00450. The lowest BCUT2D eigenvalue weighted by atomic mass is 10.1. The van der Waals surface area contributed by atoms with Crippen molar-refractivity contribution in [2.45, 2.75) is 25.6 Å². The van der Waals surface area contributed by atoms with Crippen molar-refractivity contribution >= 4 is 5.91 Å². The second-order valence-electron chi connectivity index (χ2n) is 7.07. The first-order chi connectivity index (χ1) is 13.9. The van der Waals surface area contributed by atoms with Gasteiger partial charge in [-0.15, -0.1) is 10.2 Å². The first kappa shape index (κ1) is 21.3. The molecule has 0 bridgehead atoms. The number of alkyl halides is 3. The fourth-order valence-electron chi connectivity index (χ4n) is 3.11. The average molecular weight is 422 g/mol. The van der Waals surface area contributed by atoms with E-state index in [0.29, 0.717) is 0 Å². The summed E-state index contributed by atoms with van der Waals surface area (Å²) in [6.45, 7) is 3.21. The van der Waals surface area contributed by atoms with E-state index in [4.69, 9.17) is 10.5 Å². The van der Waals surface area contributed by atoms with Gasteiger partial charge in [-0.1, -0.05) is 18.2 Å². The van der Waals surface area contributed by atoms with Gasteiger partial charge < -0.3 is 15.0 Å². The Hall–Kier alpha value is -3.43. The Balaban J connectivity index is 1.98. The van der Waals surface area contributed by atoms with Crippen LogP contribution in [0, 0.1) is 5.82 Å². The molecule has 10 heteroatoms. The lowest BCUT2D eigenvalue weighted by molar-refractivity contribution is -0.137. The summed E-state index contributed by atoms with van der Waals surface area (Å²) in [5.41, 5.74) is 2.64. The first-order valence-corrected chi connectivity index (χ1v) is 8.76. The molecule has 0 atom stereocenters. The fraction of sp³-hybridized carbons (Fsp3) is 0.250. The summed E-state index contributed by atoms with van der Waals surface area (Å²) in [6, 6.07) is 8.59. The average Bonchev–Trinajstić information content (AvgIpc) is 3.02. The second kappa shape index (κ2) is 7.43. The molecule has 0 aliphatic heterocycles. The minimum Gasteiger partial charge on any atom is -0.480 e. The number of nitrogens with zero attached hydrogens (tertiary/aromatic N) is 3. The summed E-state index contributed by atoms with van der Waals surface area (Å²) >= 11 is 0. The zero-order chi connectivity index (χ0) is 22.3. The number of benzene rings is 2. The third-order valence-corrected chi connectivity index (χ3v) is 4.47. The van der Waals surface area contributed by atoms with E-state index < -0.39 is 29.1 Å². The maximum Gasteiger partial charge on any atom is 0.417 e. The number of rotatable bonds is 5. The molecule has 158 valence electrons. The third kappa shape index (κ3) is 3.98. The first-order valence-electron chi connectivity index (χ1n) is 8.76. The number of ether oxygens (including phenoxy) is 1. The standard InChI is InChI=1S/C20H18F4N4O2/c1-19(2,30-11-8-9-13(16(25)29)15(21)10-11)18-27-26-17(28(18)3)12-6-4-5-7-14(12)20(22,23)24/h4-10H,1-3H3,(H2,25,29). The van der Waals surface area contributed by atoms with Crippen molar-refractivity contribution in [2.75, 3.05) is 0 Å². The van der Waals surface area contributed by atoms with Gasteiger partial charge in [-0.3, -0.25) is 4.79 Å². The predicted octanol–water partition coefficient (Wildman–Crippen LogP) is 4.05. The summed E-state index contributed by atoms with van der Waals surface area (Å²) in [4.78, 5) is 11.2. The van der Waals surface area contributed by atoms with E-state index in [0.717, 1.165) is 12.1 Å². The van der Waals surface area contributed by atoms with Gasteiger partial charge in [0.15, 0.2) is 17.2 Å². The summed E-state index contributed by atoms with van der Waals surface area (Å²) in [5.74, 6) is -1.46. The zero-order valence-electron chi connectivity index (χ0n) is 16.3. The molecule has 0 saturated carbocycles. The number of hydrogen-bond acceptors (Lipinski definition) is 4. The topological polar surface area (TPSA) is 83.0 Å². The normalized spacial score (nSPS) is 12.1. The van der Waals surface area contributed by atoms with Gasteiger partial charge in [-0.2, -0.15) is 13.2 Å². The van der Waals surface area contributed by atoms with E-state index in [1.807, 2.05) is 0 Å². The Morgan fingerprint density at radius 2 is 1.77 bits per heavy atom. The molecule has 0 aliphatic carbocycles. The quantitative estimate of drug-likeness (QED) is 0.629. The van der Waals surface area contributed by atoms with Crippen molar-refractivity contribution in [3.05, 3.63) is 65.2 Å². The van der Waals surface area contributed by atoms with Crippen LogP contribution in [0.4, 0.5) is 17.6 Å². The van der Waals surface area contributed by atoms with E-state index in [1.165, 1.54) is 41.9 Å². The maximum absolute atomic E-state index is 14.0. The van der Waals surface area contributed by atoms with Gasteiger partial charge in [0.25, 0.3) is 5.91 Å². The van der Waals surface area contributed by atoms with Crippen LogP contribution in [0.2, 0.25) is 0 Å². The van der Waals surface area contributed by atoms with E-state index in [9.17, 15) is 22.4 Å². The summed E-state index contributed by atoms with van der Waals surface area (Å²) in [6.07, 6.45) is -4.56. The minimum atomic E-state index is -4.56. The van der Waals surface area contributed by atoms with Crippen LogP contribution in [0.25, 0.3) is 11.4 Å². The van der Waals surface area contributed by atoms with Crippen LogP contribution < -0.4 is 10.5 Å². The van der Waals surface area contributed by atoms with Gasteiger partial charge in [0.2, 0.25) is 0 Å². The summed E-state index contributed by atoms with van der Waals surface area (Å²) in [5, 5.41) is 7.92. The van der Waals surface area contributed by atoms with Crippen molar-refractivity contribution in [2.24, 2.45) is 12.8 Å². The van der Waals surface area contributed by atoms with Gasteiger partial charge in [-0.25, -0.2) is 4.39 Å². The van der Waals surface area contributed by atoms with Crippen LogP contribution in [0.5, 0.6) is 5.75 Å². The highest BCUT2D eigenvalue weighted by Crippen LogP contribution is 2.37. The van der Waals surface area contributed by atoms with Crippen molar-refractivity contribution in [3.63, 3.8) is 0 Å². The highest BCUT2D eigenvalue weighted by molar-refractivity contribution is 5.93. The van der Waals surface area contributed by atoms with Crippen LogP contribution in [0.1, 0.15) is 35.6 Å². The lowest BCUT2D eigenvalue weighted by Crippen LogP contribution is -2.29. The van der Waals surface area contributed by atoms with E-state index in [-0.39, 0.29) is 28.5 Å². The molecule has 1 amide bonds. The van der Waals surface area contributed by atoms with Crippen molar-refractivity contribution in [1.29, 1.82) is 0 Å². The number of nitrogens with two attached hydrogens (primary N) is 1. The second-order valence-corrected chi connectivity index (χ2v) is 7.07. The molecule has 0 radical (unpaired) electrons. The number of hydrogen-bond donors (Lipinski definition) is 1. The highest BCUT2D eigenvalue weighted by atomic mass is 19.4. The van der Waals surface area contributed by atoms with Gasteiger partial charge >= 0.3 is 6.18 Å². The number of primary amides is 1. The Morgan fingerprint density at radius 1 is 1.10 bits per heavy atom. The maximum atomic E-state index is 14.0. The monoisotopic (exact) mass is 422 g/mol. The molecule has 6 nitrogen and oxygen atoms in total. The van der Waals surface area contributed by atoms with Gasteiger partial charge in [0.1, 0.15) is 11.6 Å². The number of carbonyl (C=O) groups excluding carboxylic acids is 1. The van der Waals surface area contributed by atoms with Crippen molar-refractivity contribution in [3.8, 4) is 17.1 Å². The molecular formula is C20H18F4N4O2. The van der Waals surface area contributed by atoms with E-state index >= 15 is 0 Å². The van der Waals surface area contributed by atoms with Gasteiger partial charge in [0.05, 0.1) is 11.1 Å². The Kier molecular flexibility index (Phi) is 5.27. The molecule has 2 N–H and O–H groups in total. The number of amides is 1. The molecule has 3 aromatic rings. The predicted molar refractivity (Wildman–Crippen MR) is 100 cm³/mol. The van der Waals surface area contributed by atoms with E-state index in [1.54, 1.807) is 13.8 Å². The Labute approximate surface area is 169 Å². The highest BCUT2D eigenvalue weighted by Gasteiger charge is 2.36. The summed E-state index contributed by atoms with van der Waals surface area (Å²) < 4.78 is 61.3. The number of carbonyl (C=O) groups is 1. The zero-order valence-corrected chi connectivity index (χ0v) is 16.3. The molecule has 1 aromatic heterocycles. The molecule has 0 fully saturated rings. The van der Waals surface area contributed by atoms with Crippen molar-refractivity contribution < 1.29 is 27.1 Å². The van der Waals surface area contributed by atoms with Gasteiger partial charge in [0, 0.05) is 18.7 Å². The fourth-order valence-corrected chi connectivity index (χ4v) is 3.11. The van der Waals surface area contributed by atoms with Crippen LogP contribution in [-0.4, -0.2) is 20.7 Å². The lowest BCUT2D eigenvalue weighted by Gasteiger charge is -2.25. The smallest absolute Gasteiger partial charge is 0.417 e. The molecule has 1 heterocycles. The van der Waals surface area contributed by atoms with Crippen LogP contribution in [-0.2, 0) is 18.8 Å². The molecule has 0 aliphatic rings. The van der Waals surface area contributed by atoms with Crippen LogP contribution in [0.15, 0.2) is 42.5 Å².